The molecular formula is C18H19FN2O2S2. The number of nitrogens with one attached hydrogen (secondary N) is 1. The van der Waals surface area contributed by atoms with Gasteiger partial charge in [-0.3, -0.25) is 10.1 Å². The normalized spacial score (nSPS) is 11.9. The van der Waals surface area contributed by atoms with E-state index in [0.717, 1.165) is 10.4 Å². The fourth-order valence-corrected chi connectivity index (χ4v) is 4.51. The van der Waals surface area contributed by atoms with Crippen LogP contribution in [0.1, 0.15) is 41.7 Å². The molecule has 0 saturated heterocycles. The summed E-state index contributed by atoms with van der Waals surface area (Å²) in [7, 11) is 1.53. The minimum absolute atomic E-state index is 0.0819. The highest BCUT2D eigenvalue weighted by molar-refractivity contribution is 7.21. The molecule has 0 fully saturated rings. The summed E-state index contributed by atoms with van der Waals surface area (Å²) >= 11 is 2.65. The summed E-state index contributed by atoms with van der Waals surface area (Å²) in [5.74, 6) is -0.633. The average Bonchev–Trinajstić information content (AvgIpc) is 3.13. The molecule has 25 heavy (non-hydrogen) atoms. The van der Waals surface area contributed by atoms with Crippen molar-refractivity contribution in [2.24, 2.45) is 0 Å². The number of nitrogens with zero attached hydrogens (tertiary/aromatic N) is 1. The Balaban J connectivity index is 1.95. The molecule has 132 valence electrons. The van der Waals surface area contributed by atoms with Gasteiger partial charge in [-0.05, 0) is 12.1 Å². The molecule has 7 heteroatoms. The number of amides is 1. The average molecular weight is 378 g/mol. The van der Waals surface area contributed by atoms with Crippen LogP contribution in [0.5, 0.6) is 0 Å². The van der Waals surface area contributed by atoms with Gasteiger partial charge in [0.25, 0.3) is 5.91 Å². The molecule has 1 amide bonds. The number of rotatable bonds is 4. The van der Waals surface area contributed by atoms with Crippen molar-refractivity contribution in [3.63, 3.8) is 0 Å². The Labute approximate surface area is 153 Å². The molecule has 0 radical (unpaired) electrons. The Morgan fingerprint density at radius 3 is 2.76 bits per heavy atom. The predicted octanol–water partition coefficient (Wildman–Crippen LogP) is 5.19. The molecule has 0 aliphatic carbocycles. The lowest BCUT2D eigenvalue weighted by molar-refractivity contribution is 0.102. The Bertz CT molecular complexity index is 925. The van der Waals surface area contributed by atoms with Crippen molar-refractivity contribution >= 4 is 43.8 Å². The number of carbonyl (C=O) groups excluding carboxylic acids is 1. The van der Waals surface area contributed by atoms with E-state index in [4.69, 9.17) is 4.74 Å². The Hall–Kier alpha value is -1.83. The molecule has 4 nitrogen and oxygen atoms in total. The number of hydrogen-bond donors (Lipinski definition) is 1. The van der Waals surface area contributed by atoms with Gasteiger partial charge in [-0.1, -0.05) is 26.8 Å². The SMILES string of the molecule is COCc1c(C(=O)Nc2nc(C(C)(C)C)cs2)sc2cccc(F)c12. The summed E-state index contributed by atoms with van der Waals surface area (Å²) in [6.45, 7) is 6.38. The van der Waals surface area contributed by atoms with E-state index >= 15 is 0 Å². The first-order valence-corrected chi connectivity index (χ1v) is 9.47. The first-order chi connectivity index (χ1) is 11.8. The van der Waals surface area contributed by atoms with E-state index in [0.29, 0.717) is 21.0 Å². The first kappa shape index (κ1) is 18.0. The molecule has 2 aromatic heterocycles. The second-order valence-electron chi connectivity index (χ2n) is 6.70. The number of hydrogen-bond acceptors (Lipinski definition) is 5. The maximum Gasteiger partial charge on any atom is 0.267 e. The zero-order valence-electron chi connectivity index (χ0n) is 14.5. The van der Waals surface area contributed by atoms with Crippen LogP contribution in [0.2, 0.25) is 0 Å². The molecular weight excluding hydrogens is 359 g/mol. The maximum atomic E-state index is 14.2. The van der Waals surface area contributed by atoms with Gasteiger partial charge < -0.3 is 4.74 Å². The van der Waals surface area contributed by atoms with Crippen molar-refractivity contribution in [3.8, 4) is 0 Å². The van der Waals surface area contributed by atoms with Crippen molar-refractivity contribution in [3.05, 3.63) is 45.5 Å². The van der Waals surface area contributed by atoms with Crippen LogP contribution in [0.25, 0.3) is 10.1 Å². The number of fused-ring (bicyclic) bond motifs is 1. The Morgan fingerprint density at radius 2 is 2.12 bits per heavy atom. The molecule has 1 N–H and O–H groups in total. The van der Waals surface area contributed by atoms with Gasteiger partial charge in [-0.25, -0.2) is 9.37 Å². The Morgan fingerprint density at radius 1 is 1.36 bits per heavy atom. The molecule has 3 rings (SSSR count). The number of ether oxygens (including phenoxy) is 1. The second kappa shape index (κ2) is 6.82. The molecule has 2 heterocycles. The van der Waals surface area contributed by atoms with Crippen molar-refractivity contribution in [1.29, 1.82) is 0 Å². The molecule has 3 aromatic rings. The van der Waals surface area contributed by atoms with Gasteiger partial charge >= 0.3 is 0 Å². The lowest BCUT2D eigenvalue weighted by Gasteiger charge is -2.14. The molecule has 0 saturated carbocycles. The third-order valence-corrected chi connectivity index (χ3v) is 5.70. The second-order valence-corrected chi connectivity index (χ2v) is 8.61. The Kier molecular flexibility index (Phi) is 4.90. The van der Waals surface area contributed by atoms with Crippen LogP contribution in [0.3, 0.4) is 0 Å². The molecule has 0 atom stereocenters. The van der Waals surface area contributed by atoms with E-state index in [9.17, 15) is 9.18 Å². The van der Waals surface area contributed by atoms with Gasteiger partial charge in [0.05, 0.1) is 17.2 Å². The van der Waals surface area contributed by atoms with Gasteiger partial charge in [0.15, 0.2) is 5.13 Å². The van der Waals surface area contributed by atoms with Crippen LogP contribution < -0.4 is 5.32 Å². The molecule has 0 aliphatic rings. The largest absolute Gasteiger partial charge is 0.380 e. The minimum Gasteiger partial charge on any atom is -0.380 e. The van der Waals surface area contributed by atoms with Gasteiger partial charge in [-0.2, -0.15) is 0 Å². The highest BCUT2D eigenvalue weighted by Crippen LogP contribution is 2.34. The quantitative estimate of drug-likeness (QED) is 0.679. The first-order valence-electron chi connectivity index (χ1n) is 7.77. The van der Waals surface area contributed by atoms with Gasteiger partial charge in [0.2, 0.25) is 0 Å². The van der Waals surface area contributed by atoms with Gasteiger partial charge in [0, 0.05) is 33.6 Å². The molecule has 0 spiro atoms. The zero-order chi connectivity index (χ0) is 18.2. The zero-order valence-corrected chi connectivity index (χ0v) is 16.1. The molecule has 0 bridgehead atoms. The van der Waals surface area contributed by atoms with Crippen LogP contribution in [-0.4, -0.2) is 18.0 Å². The van der Waals surface area contributed by atoms with E-state index in [1.165, 1.54) is 35.8 Å². The van der Waals surface area contributed by atoms with Crippen molar-refractivity contribution in [2.75, 3.05) is 12.4 Å². The summed E-state index contributed by atoms with van der Waals surface area (Å²) in [5.41, 5.74) is 1.42. The van der Waals surface area contributed by atoms with E-state index in [1.54, 1.807) is 12.1 Å². The van der Waals surface area contributed by atoms with E-state index in [1.807, 2.05) is 5.38 Å². The number of thiophene rings is 1. The fraction of sp³-hybridized carbons (Fsp3) is 0.333. The third-order valence-electron chi connectivity index (χ3n) is 3.75. The van der Waals surface area contributed by atoms with Crippen molar-refractivity contribution in [1.82, 2.24) is 4.98 Å². The highest BCUT2D eigenvalue weighted by atomic mass is 32.1. The van der Waals surface area contributed by atoms with Crippen molar-refractivity contribution < 1.29 is 13.9 Å². The van der Waals surface area contributed by atoms with Gasteiger partial charge in [-0.15, -0.1) is 22.7 Å². The summed E-state index contributed by atoms with van der Waals surface area (Å²) in [4.78, 5) is 17.7. The van der Waals surface area contributed by atoms with E-state index in [2.05, 4.69) is 31.1 Å². The summed E-state index contributed by atoms with van der Waals surface area (Å²) in [6, 6.07) is 4.84. The fourth-order valence-electron chi connectivity index (χ4n) is 2.46. The van der Waals surface area contributed by atoms with Crippen LogP contribution in [0, 0.1) is 5.82 Å². The topological polar surface area (TPSA) is 51.2 Å². The number of methoxy groups -OCH3 is 1. The van der Waals surface area contributed by atoms with Crippen LogP contribution in [0.4, 0.5) is 9.52 Å². The smallest absolute Gasteiger partial charge is 0.267 e. The standard InChI is InChI=1S/C18H19FN2O2S2/c1-18(2,3)13-9-24-17(20-13)21-16(22)15-10(8-23-4)14-11(19)6-5-7-12(14)25-15/h5-7,9H,8H2,1-4H3,(H,20,21,22). The van der Waals surface area contributed by atoms with Crippen LogP contribution >= 0.6 is 22.7 Å². The minimum atomic E-state index is -0.343. The number of aromatic nitrogens is 1. The van der Waals surface area contributed by atoms with Crippen molar-refractivity contribution in [2.45, 2.75) is 32.8 Å². The van der Waals surface area contributed by atoms with E-state index < -0.39 is 0 Å². The highest BCUT2D eigenvalue weighted by Gasteiger charge is 2.23. The van der Waals surface area contributed by atoms with Gasteiger partial charge in [0.1, 0.15) is 5.82 Å². The lowest BCUT2D eigenvalue weighted by Crippen LogP contribution is -2.14. The predicted molar refractivity (Wildman–Crippen MR) is 101 cm³/mol. The van der Waals surface area contributed by atoms with Crippen LogP contribution in [-0.2, 0) is 16.8 Å². The number of carbonyl (C=O) groups is 1. The summed E-state index contributed by atoms with van der Waals surface area (Å²) in [5, 5.41) is 5.76. The van der Waals surface area contributed by atoms with E-state index in [-0.39, 0.29) is 23.7 Å². The number of thiazole rings is 1. The molecule has 0 unspecified atom stereocenters. The third kappa shape index (κ3) is 3.58. The summed E-state index contributed by atoms with van der Waals surface area (Å²) < 4.78 is 20.1. The number of anilines is 1. The van der Waals surface area contributed by atoms with Crippen LogP contribution in [0.15, 0.2) is 23.6 Å². The molecule has 1 aromatic carbocycles. The monoisotopic (exact) mass is 378 g/mol. The number of benzene rings is 1. The summed E-state index contributed by atoms with van der Waals surface area (Å²) in [6.07, 6.45) is 0. The lowest BCUT2D eigenvalue weighted by atomic mass is 9.93. The molecule has 0 aliphatic heterocycles. The maximum absolute atomic E-state index is 14.2. The number of halogens is 1.